The van der Waals surface area contributed by atoms with Crippen LogP contribution in [-0.4, -0.2) is 35.1 Å². The highest BCUT2D eigenvalue weighted by Crippen LogP contribution is 2.33. The third-order valence-corrected chi connectivity index (χ3v) is 7.00. The zero-order valence-electron chi connectivity index (χ0n) is 15.4. The molecule has 0 saturated heterocycles. The summed E-state index contributed by atoms with van der Waals surface area (Å²) in [6.45, 7) is 5.18. The van der Waals surface area contributed by atoms with E-state index in [1.807, 2.05) is 0 Å². The van der Waals surface area contributed by atoms with E-state index < -0.39 is 20.0 Å². The second-order valence-corrected chi connectivity index (χ2v) is 9.95. The molecule has 0 aliphatic heterocycles. The summed E-state index contributed by atoms with van der Waals surface area (Å²) in [5, 5.41) is 0. The summed E-state index contributed by atoms with van der Waals surface area (Å²) in [6.07, 6.45) is 4.28. The van der Waals surface area contributed by atoms with E-state index in [2.05, 4.69) is 9.71 Å². The van der Waals surface area contributed by atoms with Gasteiger partial charge in [-0.2, -0.15) is 0 Å². The molecule has 0 saturated carbocycles. The third-order valence-electron chi connectivity index (χ3n) is 4.13. The van der Waals surface area contributed by atoms with Crippen LogP contribution >= 0.6 is 0 Å². The molecule has 0 amide bonds. The second kappa shape index (κ2) is 7.34. The number of sulfonamides is 2. The lowest BCUT2D eigenvalue weighted by Crippen LogP contribution is -2.29. The highest BCUT2D eigenvalue weighted by atomic mass is 32.2. The van der Waals surface area contributed by atoms with Gasteiger partial charge in [0.15, 0.2) is 0 Å². The summed E-state index contributed by atoms with van der Waals surface area (Å²) in [4.78, 5) is 4.06. The van der Waals surface area contributed by atoms with Crippen molar-refractivity contribution < 1.29 is 16.8 Å². The number of hydrogen-bond acceptors (Lipinski definition) is 5. The van der Waals surface area contributed by atoms with Crippen LogP contribution in [0.5, 0.6) is 0 Å². The van der Waals surface area contributed by atoms with Gasteiger partial charge in [-0.05, 0) is 49.1 Å². The molecular formula is C17H23N3O4S2. The monoisotopic (exact) mass is 397 g/mol. The lowest BCUT2D eigenvalue weighted by Gasteiger charge is -2.24. The fraction of sp³-hybridized carbons (Fsp3) is 0.353. The number of anilines is 1. The van der Waals surface area contributed by atoms with Crippen molar-refractivity contribution in [2.75, 3.05) is 17.6 Å². The quantitative estimate of drug-likeness (QED) is 0.803. The molecule has 142 valence electrons. The molecule has 0 spiro atoms. The van der Waals surface area contributed by atoms with Gasteiger partial charge in [-0.1, -0.05) is 12.1 Å². The molecule has 2 rings (SSSR count). The van der Waals surface area contributed by atoms with E-state index >= 15 is 0 Å². The van der Waals surface area contributed by atoms with Crippen molar-refractivity contribution in [1.82, 2.24) is 9.71 Å². The number of nitrogens with zero attached hydrogens (tertiary/aromatic N) is 2. The van der Waals surface area contributed by atoms with Crippen molar-refractivity contribution in [1.29, 1.82) is 0 Å². The summed E-state index contributed by atoms with van der Waals surface area (Å²) in [7, 11) is -5.94. The second-order valence-electron chi connectivity index (χ2n) is 6.23. The highest BCUT2D eigenvalue weighted by Gasteiger charge is 2.26. The van der Waals surface area contributed by atoms with E-state index in [9.17, 15) is 16.8 Å². The average Bonchev–Trinajstić information content (AvgIpc) is 2.52. The number of pyridine rings is 1. The standard InChI is InChI=1S/C17H23N3O4S2/c1-12-9-13(2)17(14(3)16(12)20(4)25(5,21)22)26(23,24)19-11-15-7-6-8-18-10-15/h6-10,19H,11H2,1-5H3. The molecule has 0 bridgehead atoms. The molecule has 0 aliphatic rings. The number of nitrogens with one attached hydrogen (secondary N) is 1. The maximum atomic E-state index is 12.9. The number of hydrogen-bond donors (Lipinski definition) is 1. The Morgan fingerprint density at radius 1 is 1.12 bits per heavy atom. The van der Waals surface area contributed by atoms with Gasteiger partial charge in [0.2, 0.25) is 20.0 Å². The largest absolute Gasteiger partial charge is 0.273 e. The Morgan fingerprint density at radius 3 is 2.31 bits per heavy atom. The van der Waals surface area contributed by atoms with Gasteiger partial charge in [0.1, 0.15) is 0 Å². The molecule has 0 radical (unpaired) electrons. The lowest BCUT2D eigenvalue weighted by atomic mass is 10.1. The van der Waals surface area contributed by atoms with Gasteiger partial charge in [0.25, 0.3) is 0 Å². The number of benzene rings is 1. The molecule has 7 nitrogen and oxygen atoms in total. The topological polar surface area (TPSA) is 96.4 Å². The Labute approximate surface area is 155 Å². The summed E-state index contributed by atoms with van der Waals surface area (Å²) in [6, 6.07) is 5.18. The molecule has 1 heterocycles. The zero-order chi connectivity index (χ0) is 19.7. The SMILES string of the molecule is Cc1cc(C)c(S(=O)(=O)NCc2cccnc2)c(C)c1N(C)S(C)(=O)=O. The van der Waals surface area contributed by atoms with Crippen LogP contribution in [-0.2, 0) is 26.6 Å². The van der Waals surface area contributed by atoms with Gasteiger partial charge in [0, 0.05) is 26.0 Å². The Bertz CT molecular complexity index is 1020. The molecule has 0 fully saturated rings. The van der Waals surface area contributed by atoms with Crippen molar-refractivity contribution in [2.45, 2.75) is 32.2 Å². The van der Waals surface area contributed by atoms with Crippen LogP contribution in [0.15, 0.2) is 35.5 Å². The summed E-state index contributed by atoms with van der Waals surface area (Å²) in [5.74, 6) is 0. The molecule has 26 heavy (non-hydrogen) atoms. The van der Waals surface area contributed by atoms with Crippen molar-refractivity contribution in [3.05, 3.63) is 52.8 Å². The molecule has 0 atom stereocenters. The first-order valence-electron chi connectivity index (χ1n) is 7.88. The van der Waals surface area contributed by atoms with Crippen molar-refractivity contribution >= 4 is 25.7 Å². The van der Waals surface area contributed by atoms with Crippen LogP contribution in [0, 0.1) is 20.8 Å². The van der Waals surface area contributed by atoms with Crippen LogP contribution < -0.4 is 9.03 Å². The van der Waals surface area contributed by atoms with E-state index in [-0.39, 0.29) is 11.4 Å². The van der Waals surface area contributed by atoms with Gasteiger partial charge < -0.3 is 0 Å². The summed E-state index contributed by atoms with van der Waals surface area (Å²) in [5.41, 5.74) is 2.75. The van der Waals surface area contributed by atoms with E-state index in [0.717, 1.165) is 16.1 Å². The van der Waals surface area contributed by atoms with Gasteiger partial charge in [-0.25, -0.2) is 21.6 Å². The highest BCUT2D eigenvalue weighted by molar-refractivity contribution is 7.92. The van der Waals surface area contributed by atoms with Gasteiger partial charge in [0.05, 0.1) is 16.8 Å². The van der Waals surface area contributed by atoms with Gasteiger partial charge in [-0.15, -0.1) is 0 Å². The minimum Gasteiger partial charge on any atom is -0.273 e. The Morgan fingerprint density at radius 2 is 1.77 bits per heavy atom. The van der Waals surface area contributed by atoms with Crippen LogP contribution in [0.1, 0.15) is 22.3 Å². The van der Waals surface area contributed by atoms with E-state index in [0.29, 0.717) is 22.4 Å². The number of rotatable bonds is 6. The predicted molar refractivity (Wildman–Crippen MR) is 102 cm³/mol. The van der Waals surface area contributed by atoms with Gasteiger partial charge >= 0.3 is 0 Å². The number of aryl methyl sites for hydroxylation is 2. The fourth-order valence-corrected chi connectivity index (χ4v) is 5.07. The predicted octanol–water partition coefficient (Wildman–Crippen LogP) is 1.88. The fourth-order valence-electron chi connectivity index (χ4n) is 2.97. The molecule has 2 aromatic rings. The summed E-state index contributed by atoms with van der Waals surface area (Å²) >= 11 is 0. The van der Waals surface area contributed by atoms with Crippen molar-refractivity contribution in [3.63, 3.8) is 0 Å². The molecule has 0 aliphatic carbocycles. The zero-order valence-corrected chi connectivity index (χ0v) is 17.1. The van der Waals surface area contributed by atoms with Crippen molar-refractivity contribution in [3.8, 4) is 0 Å². The average molecular weight is 398 g/mol. The summed E-state index contributed by atoms with van der Waals surface area (Å²) < 4.78 is 53.3. The van der Waals surface area contributed by atoms with Crippen LogP contribution in [0.3, 0.4) is 0 Å². The number of aromatic nitrogens is 1. The first kappa shape index (κ1) is 20.3. The Balaban J connectivity index is 2.51. The van der Waals surface area contributed by atoms with Crippen LogP contribution in [0.2, 0.25) is 0 Å². The molecule has 1 N–H and O–H groups in total. The molecule has 1 aromatic carbocycles. The molecule has 1 aromatic heterocycles. The van der Waals surface area contributed by atoms with Crippen molar-refractivity contribution in [2.24, 2.45) is 0 Å². The van der Waals surface area contributed by atoms with Crippen LogP contribution in [0.4, 0.5) is 5.69 Å². The third kappa shape index (κ3) is 4.22. The molecular weight excluding hydrogens is 374 g/mol. The maximum Gasteiger partial charge on any atom is 0.241 e. The first-order valence-corrected chi connectivity index (χ1v) is 11.2. The molecule has 0 unspecified atom stereocenters. The van der Waals surface area contributed by atoms with E-state index in [1.165, 1.54) is 7.05 Å². The van der Waals surface area contributed by atoms with Crippen LogP contribution in [0.25, 0.3) is 0 Å². The maximum absolute atomic E-state index is 12.9. The minimum atomic E-state index is -3.84. The van der Waals surface area contributed by atoms with Gasteiger partial charge in [-0.3, -0.25) is 9.29 Å². The molecule has 9 heteroatoms. The smallest absolute Gasteiger partial charge is 0.241 e. The Hall–Kier alpha value is -1.97. The van der Waals surface area contributed by atoms with E-state index in [4.69, 9.17) is 0 Å². The minimum absolute atomic E-state index is 0.0949. The lowest BCUT2D eigenvalue weighted by molar-refractivity contribution is 0.579. The normalized spacial score (nSPS) is 12.2. The van der Waals surface area contributed by atoms with E-state index in [1.54, 1.807) is 51.4 Å². The Kier molecular flexibility index (Phi) is 5.74. The first-order chi connectivity index (χ1) is 11.9.